The standard InChI is InChI=1S/C14H14N4/c1-10-3-4-12(8-15)7-13(10)18-11(2)14-9-16-5-6-17-14/h3-7,9,11,18H,1-2H3. The van der Waals surface area contributed by atoms with Crippen molar-refractivity contribution in [1.29, 1.82) is 5.26 Å². The van der Waals surface area contributed by atoms with Gasteiger partial charge in [-0.3, -0.25) is 9.97 Å². The molecule has 1 aromatic heterocycles. The molecule has 2 rings (SSSR count). The summed E-state index contributed by atoms with van der Waals surface area (Å²) in [4.78, 5) is 8.31. The highest BCUT2D eigenvalue weighted by molar-refractivity contribution is 5.55. The van der Waals surface area contributed by atoms with Crippen molar-refractivity contribution in [1.82, 2.24) is 9.97 Å². The van der Waals surface area contributed by atoms with Gasteiger partial charge in [-0.2, -0.15) is 5.26 Å². The van der Waals surface area contributed by atoms with Crippen molar-refractivity contribution in [2.75, 3.05) is 5.32 Å². The molecule has 1 aromatic carbocycles. The Morgan fingerprint density at radius 1 is 1.33 bits per heavy atom. The minimum atomic E-state index is 0.0475. The van der Waals surface area contributed by atoms with Crippen LogP contribution in [0.3, 0.4) is 0 Å². The smallest absolute Gasteiger partial charge is 0.0992 e. The highest BCUT2D eigenvalue weighted by Gasteiger charge is 2.08. The molecule has 1 atom stereocenters. The highest BCUT2D eigenvalue weighted by atomic mass is 14.9. The van der Waals surface area contributed by atoms with E-state index >= 15 is 0 Å². The minimum absolute atomic E-state index is 0.0475. The second kappa shape index (κ2) is 5.28. The number of aromatic nitrogens is 2. The molecule has 90 valence electrons. The molecule has 0 saturated heterocycles. The van der Waals surface area contributed by atoms with Crippen LogP contribution in [0.5, 0.6) is 0 Å². The lowest BCUT2D eigenvalue weighted by molar-refractivity contribution is 0.826. The van der Waals surface area contributed by atoms with Gasteiger partial charge >= 0.3 is 0 Å². The number of anilines is 1. The van der Waals surface area contributed by atoms with Crippen LogP contribution in [0.1, 0.15) is 29.8 Å². The van der Waals surface area contributed by atoms with Gasteiger partial charge in [-0.05, 0) is 31.5 Å². The first-order valence-electron chi connectivity index (χ1n) is 5.74. The lowest BCUT2D eigenvalue weighted by Crippen LogP contribution is -2.09. The average molecular weight is 238 g/mol. The molecule has 0 radical (unpaired) electrons. The van der Waals surface area contributed by atoms with Crippen molar-refractivity contribution in [3.63, 3.8) is 0 Å². The lowest BCUT2D eigenvalue weighted by Gasteiger charge is -2.16. The van der Waals surface area contributed by atoms with E-state index in [1.165, 1.54) is 0 Å². The van der Waals surface area contributed by atoms with Crippen LogP contribution in [0.15, 0.2) is 36.8 Å². The van der Waals surface area contributed by atoms with Crippen LogP contribution in [0, 0.1) is 18.3 Å². The molecule has 1 N–H and O–H groups in total. The van der Waals surface area contributed by atoms with Gasteiger partial charge in [0.05, 0.1) is 29.6 Å². The summed E-state index contributed by atoms with van der Waals surface area (Å²) in [5.74, 6) is 0. The number of benzene rings is 1. The zero-order chi connectivity index (χ0) is 13.0. The van der Waals surface area contributed by atoms with Crippen LogP contribution in [0.25, 0.3) is 0 Å². The molecule has 4 heteroatoms. The van der Waals surface area contributed by atoms with E-state index in [2.05, 4.69) is 21.4 Å². The first kappa shape index (κ1) is 12.1. The summed E-state index contributed by atoms with van der Waals surface area (Å²) >= 11 is 0. The molecule has 1 heterocycles. The van der Waals surface area contributed by atoms with Crippen LogP contribution in [0.2, 0.25) is 0 Å². The minimum Gasteiger partial charge on any atom is -0.377 e. The van der Waals surface area contributed by atoms with Crippen LogP contribution in [-0.4, -0.2) is 9.97 Å². The van der Waals surface area contributed by atoms with Gasteiger partial charge in [0.1, 0.15) is 0 Å². The van der Waals surface area contributed by atoms with E-state index in [1.54, 1.807) is 18.6 Å². The van der Waals surface area contributed by atoms with Gasteiger partial charge in [-0.15, -0.1) is 0 Å². The van der Waals surface area contributed by atoms with Crippen molar-refractivity contribution in [3.05, 3.63) is 53.6 Å². The SMILES string of the molecule is Cc1ccc(C#N)cc1NC(C)c1cnccn1. The van der Waals surface area contributed by atoms with Crippen LogP contribution < -0.4 is 5.32 Å². The van der Waals surface area contributed by atoms with Gasteiger partial charge in [0.2, 0.25) is 0 Å². The molecule has 0 saturated carbocycles. The van der Waals surface area contributed by atoms with Gasteiger partial charge in [0.25, 0.3) is 0 Å². The summed E-state index contributed by atoms with van der Waals surface area (Å²) in [7, 11) is 0. The largest absolute Gasteiger partial charge is 0.377 e. The Hall–Kier alpha value is -2.41. The molecule has 0 fully saturated rings. The second-order valence-corrected chi connectivity index (χ2v) is 4.14. The molecule has 0 spiro atoms. The summed E-state index contributed by atoms with van der Waals surface area (Å²) in [5, 5.41) is 12.3. The van der Waals surface area contributed by atoms with E-state index in [4.69, 9.17) is 5.26 Å². The Bertz CT molecular complexity index is 572. The Balaban J connectivity index is 2.22. The monoisotopic (exact) mass is 238 g/mol. The van der Waals surface area contributed by atoms with E-state index in [0.717, 1.165) is 16.9 Å². The summed E-state index contributed by atoms with van der Waals surface area (Å²) in [5.41, 5.74) is 3.57. The predicted molar refractivity (Wildman–Crippen MR) is 70.0 cm³/mol. The molecular weight excluding hydrogens is 224 g/mol. The molecular formula is C14H14N4. The van der Waals surface area contributed by atoms with Crippen LogP contribution in [-0.2, 0) is 0 Å². The summed E-state index contributed by atoms with van der Waals surface area (Å²) in [6.07, 6.45) is 5.06. The van der Waals surface area contributed by atoms with Crippen molar-refractivity contribution in [3.8, 4) is 6.07 Å². The number of nitrogens with one attached hydrogen (secondary N) is 1. The maximum atomic E-state index is 8.90. The second-order valence-electron chi connectivity index (χ2n) is 4.14. The Labute approximate surface area is 106 Å². The molecule has 0 amide bonds. The van der Waals surface area contributed by atoms with Gasteiger partial charge < -0.3 is 5.32 Å². The van der Waals surface area contributed by atoms with E-state index in [-0.39, 0.29) is 6.04 Å². The Kier molecular flexibility index (Phi) is 3.54. The third kappa shape index (κ3) is 2.64. The van der Waals surface area contributed by atoms with Crippen molar-refractivity contribution in [2.45, 2.75) is 19.9 Å². The zero-order valence-electron chi connectivity index (χ0n) is 10.4. The summed E-state index contributed by atoms with van der Waals surface area (Å²) < 4.78 is 0. The number of nitriles is 1. The van der Waals surface area contributed by atoms with E-state index < -0.39 is 0 Å². The Morgan fingerprint density at radius 3 is 2.83 bits per heavy atom. The molecule has 0 aliphatic carbocycles. The average Bonchev–Trinajstić information content (AvgIpc) is 2.42. The van der Waals surface area contributed by atoms with Gasteiger partial charge in [-0.1, -0.05) is 6.07 Å². The molecule has 0 aliphatic rings. The normalized spacial score (nSPS) is 11.6. The number of hydrogen-bond acceptors (Lipinski definition) is 4. The molecule has 4 nitrogen and oxygen atoms in total. The van der Waals surface area contributed by atoms with E-state index in [9.17, 15) is 0 Å². The van der Waals surface area contributed by atoms with E-state index in [0.29, 0.717) is 5.56 Å². The fraction of sp³-hybridized carbons (Fsp3) is 0.214. The Morgan fingerprint density at radius 2 is 2.17 bits per heavy atom. The third-order valence-corrected chi connectivity index (χ3v) is 2.77. The first-order valence-corrected chi connectivity index (χ1v) is 5.74. The van der Waals surface area contributed by atoms with Crippen LogP contribution in [0.4, 0.5) is 5.69 Å². The molecule has 0 aliphatic heterocycles. The van der Waals surface area contributed by atoms with Gasteiger partial charge in [0, 0.05) is 18.1 Å². The molecule has 18 heavy (non-hydrogen) atoms. The highest BCUT2D eigenvalue weighted by Crippen LogP contribution is 2.21. The van der Waals surface area contributed by atoms with Gasteiger partial charge in [-0.25, -0.2) is 0 Å². The van der Waals surface area contributed by atoms with E-state index in [1.807, 2.05) is 32.0 Å². The van der Waals surface area contributed by atoms with Crippen molar-refractivity contribution in [2.24, 2.45) is 0 Å². The quantitative estimate of drug-likeness (QED) is 0.893. The molecule has 0 bridgehead atoms. The van der Waals surface area contributed by atoms with Crippen molar-refractivity contribution >= 4 is 5.69 Å². The first-order chi connectivity index (χ1) is 8.70. The topological polar surface area (TPSA) is 61.6 Å². The fourth-order valence-corrected chi connectivity index (χ4v) is 1.69. The number of aryl methyl sites for hydroxylation is 1. The number of hydrogen-bond donors (Lipinski definition) is 1. The predicted octanol–water partition coefficient (Wildman–Crippen LogP) is 2.83. The molecule has 1 unspecified atom stereocenters. The molecule has 2 aromatic rings. The lowest BCUT2D eigenvalue weighted by atomic mass is 10.1. The van der Waals surface area contributed by atoms with Crippen molar-refractivity contribution < 1.29 is 0 Å². The maximum absolute atomic E-state index is 8.90. The maximum Gasteiger partial charge on any atom is 0.0992 e. The van der Waals surface area contributed by atoms with Gasteiger partial charge in [0.15, 0.2) is 0 Å². The third-order valence-electron chi connectivity index (χ3n) is 2.77. The van der Waals surface area contributed by atoms with Crippen LogP contribution >= 0.6 is 0 Å². The summed E-state index contributed by atoms with van der Waals surface area (Å²) in [6.45, 7) is 4.02. The number of rotatable bonds is 3. The number of nitrogens with zero attached hydrogens (tertiary/aromatic N) is 3. The summed E-state index contributed by atoms with van der Waals surface area (Å²) in [6, 6.07) is 7.78. The fourth-order valence-electron chi connectivity index (χ4n) is 1.69. The zero-order valence-corrected chi connectivity index (χ0v) is 10.4.